The van der Waals surface area contributed by atoms with Crippen molar-refractivity contribution in [1.82, 2.24) is 9.97 Å². The van der Waals surface area contributed by atoms with Crippen LogP contribution in [0.25, 0.3) is 11.3 Å². The molecule has 1 aromatic carbocycles. The van der Waals surface area contributed by atoms with Crippen LogP contribution in [0, 0.1) is 13.8 Å². The monoisotopic (exact) mass is 364 g/mol. The Bertz CT molecular complexity index is 746. The molecule has 3 rings (SSSR count). The summed E-state index contributed by atoms with van der Waals surface area (Å²) in [5.74, 6) is 0. The van der Waals surface area contributed by atoms with Crippen molar-refractivity contribution in [2.24, 2.45) is 0 Å². The van der Waals surface area contributed by atoms with Crippen LogP contribution >= 0.6 is 38.6 Å². The molecular weight excluding hydrogens is 352 g/mol. The van der Waals surface area contributed by atoms with Crippen molar-refractivity contribution >= 4 is 38.6 Å². The van der Waals surface area contributed by atoms with Crippen LogP contribution in [0.3, 0.4) is 0 Å². The third kappa shape index (κ3) is 2.85. The molecule has 0 spiro atoms. The van der Waals surface area contributed by atoms with Crippen molar-refractivity contribution in [3.63, 3.8) is 0 Å². The summed E-state index contributed by atoms with van der Waals surface area (Å²) in [6, 6.07) is 8.22. The summed E-state index contributed by atoms with van der Waals surface area (Å²) in [5.41, 5.74) is 3.34. The van der Waals surface area contributed by atoms with Crippen molar-refractivity contribution in [3.05, 3.63) is 54.7 Å². The summed E-state index contributed by atoms with van der Waals surface area (Å²) >= 11 is 7.05. The number of nitrogens with zero attached hydrogens (tertiary/aromatic N) is 2. The number of aryl methyl sites for hydroxylation is 2. The number of halogens is 1. The van der Waals surface area contributed by atoms with Gasteiger partial charge in [0.1, 0.15) is 0 Å². The molecule has 0 atom stereocenters. The predicted molar refractivity (Wildman–Crippen MR) is 89.6 cm³/mol. The number of rotatable bonds is 3. The van der Waals surface area contributed by atoms with Crippen LogP contribution in [0.1, 0.15) is 20.6 Å². The highest BCUT2D eigenvalue weighted by atomic mass is 79.9. The van der Waals surface area contributed by atoms with Crippen molar-refractivity contribution in [3.8, 4) is 11.3 Å². The first-order valence-electron chi connectivity index (χ1n) is 6.25. The van der Waals surface area contributed by atoms with Gasteiger partial charge < -0.3 is 0 Å². The average molecular weight is 365 g/mol. The van der Waals surface area contributed by atoms with Gasteiger partial charge in [-0.3, -0.25) is 0 Å². The van der Waals surface area contributed by atoms with Crippen LogP contribution in [0.4, 0.5) is 0 Å². The molecule has 0 saturated carbocycles. The van der Waals surface area contributed by atoms with E-state index in [9.17, 15) is 0 Å². The van der Waals surface area contributed by atoms with Gasteiger partial charge in [0.25, 0.3) is 0 Å². The molecular formula is C15H13BrN2S2. The Hall–Kier alpha value is -1.04. The number of benzene rings is 1. The fourth-order valence-corrected chi connectivity index (χ4v) is 4.12. The minimum absolute atomic E-state index is 0.820. The van der Waals surface area contributed by atoms with Gasteiger partial charge in [-0.1, -0.05) is 34.1 Å². The third-order valence-corrected chi connectivity index (χ3v) is 5.45. The maximum absolute atomic E-state index is 4.80. The second-order valence-electron chi connectivity index (χ2n) is 4.53. The summed E-state index contributed by atoms with van der Waals surface area (Å²) in [6.45, 7) is 4.16. The van der Waals surface area contributed by atoms with Gasteiger partial charge in [-0.15, -0.1) is 22.7 Å². The molecule has 2 heterocycles. The number of thiazole rings is 2. The summed E-state index contributed by atoms with van der Waals surface area (Å²) in [6.07, 6.45) is 0.820. The van der Waals surface area contributed by atoms with E-state index in [1.807, 2.05) is 19.1 Å². The molecule has 20 heavy (non-hydrogen) atoms. The largest absolute Gasteiger partial charge is 0.246 e. The van der Waals surface area contributed by atoms with Crippen molar-refractivity contribution in [1.29, 1.82) is 0 Å². The number of hydrogen-bond acceptors (Lipinski definition) is 4. The van der Waals surface area contributed by atoms with Gasteiger partial charge in [0.15, 0.2) is 0 Å². The van der Waals surface area contributed by atoms with Gasteiger partial charge in [0, 0.05) is 26.7 Å². The highest BCUT2D eigenvalue weighted by Crippen LogP contribution is 2.33. The van der Waals surface area contributed by atoms with Crippen LogP contribution in [-0.2, 0) is 6.42 Å². The van der Waals surface area contributed by atoms with E-state index in [2.05, 4.69) is 45.4 Å². The van der Waals surface area contributed by atoms with Crippen molar-refractivity contribution in [2.75, 3.05) is 0 Å². The van der Waals surface area contributed by atoms with Crippen molar-refractivity contribution in [2.45, 2.75) is 20.3 Å². The standard InChI is InChI=1S/C15H13BrN2S2/c1-9-15(12-5-3-4-6-13(12)16)18-14(20-9)7-11-8-19-10(2)17-11/h3-6,8H,7H2,1-2H3. The highest BCUT2D eigenvalue weighted by molar-refractivity contribution is 9.10. The quantitative estimate of drug-likeness (QED) is 0.635. The van der Waals surface area contributed by atoms with E-state index >= 15 is 0 Å². The van der Waals surface area contributed by atoms with Gasteiger partial charge in [-0.25, -0.2) is 9.97 Å². The zero-order valence-electron chi connectivity index (χ0n) is 11.2. The summed E-state index contributed by atoms with van der Waals surface area (Å²) in [4.78, 5) is 10.6. The summed E-state index contributed by atoms with van der Waals surface area (Å²) in [7, 11) is 0. The molecule has 2 nitrogen and oxygen atoms in total. The van der Waals surface area contributed by atoms with E-state index in [0.29, 0.717) is 0 Å². The SMILES string of the molecule is Cc1nc(Cc2nc(-c3ccccc3Br)c(C)s2)cs1. The topological polar surface area (TPSA) is 25.8 Å². The maximum atomic E-state index is 4.80. The van der Waals surface area contributed by atoms with E-state index in [1.54, 1.807) is 22.7 Å². The first-order valence-corrected chi connectivity index (χ1v) is 8.74. The molecule has 3 aromatic rings. The molecule has 2 aromatic heterocycles. The molecule has 0 bridgehead atoms. The summed E-state index contributed by atoms with van der Waals surface area (Å²) in [5, 5.41) is 4.35. The van der Waals surface area contributed by atoms with Gasteiger partial charge in [0.05, 0.1) is 21.4 Å². The van der Waals surface area contributed by atoms with E-state index < -0.39 is 0 Å². The molecule has 0 N–H and O–H groups in total. The van der Waals surface area contributed by atoms with Crippen LogP contribution in [-0.4, -0.2) is 9.97 Å². The third-order valence-electron chi connectivity index (χ3n) is 2.97. The Morgan fingerprint density at radius 2 is 1.95 bits per heavy atom. The second-order valence-corrected chi connectivity index (χ2v) is 7.73. The minimum atomic E-state index is 0.820. The van der Waals surface area contributed by atoms with Gasteiger partial charge >= 0.3 is 0 Å². The Kier molecular flexibility index (Phi) is 4.01. The lowest BCUT2D eigenvalue weighted by Crippen LogP contribution is -1.88. The van der Waals surface area contributed by atoms with E-state index in [1.165, 1.54) is 4.88 Å². The molecule has 102 valence electrons. The van der Waals surface area contributed by atoms with E-state index in [-0.39, 0.29) is 0 Å². The Labute approximate surface area is 134 Å². The van der Waals surface area contributed by atoms with Crippen LogP contribution in [0.15, 0.2) is 34.1 Å². The second kappa shape index (κ2) is 5.76. The molecule has 0 aliphatic carbocycles. The zero-order valence-corrected chi connectivity index (χ0v) is 14.4. The smallest absolute Gasteiger partial charge is 0.0995 e. The van der Waals surface area contributed by atoms with Gasteiger partial charge in [-0.2, -0.15) is 0 Å². The summed E-state index contributed by atoms with van der Waals surface area (Å²) < 4.78 is 1.09. The lowest BCUT2D eigenvalue weighted by atomic mass is 10.1. The van der Waals surface area contributed by atoms with Crippen molar-refractivity contribution < 1.29 is 0 Å². The predicted octanol–water partition coefficient (Wildman–Crippen LogP) is 5.24. The zero-order chi connectivity index (χ0) is 14.1. The van der Waals surface area contributed by atoms with Crippen LogP contribution < -0.4 is 0 Å². The maximum Gasteiger partial charge on any atom is 0.0995 e. The first kappa shape index (κ1) is 13.9. The molecule has 0 radical (unpaired) electrons. The van der Waals surface area contributed by atoms with Gasteiger partial charge in [-0.05, 0) is 19.9 Å². The fourth-order valence-electron chi connectivity index (χ4n) is 2.07. The fraction of sp³-hybridized carbons (Fsp3) is 0.200. The molecule has 0 aliphatic heterocycles. The molecule has 5 heteroatoms. The minimum Gasteiger partial charge on any atom is -0.246 e. The molecule has 0 amide bonds. The normalized spacial score (nSPS) is 10.9. The highest BCUT2D eigenvalue weighted by Gasteiger charge is 2.13. The average Bonchev–Trinajstić information content (AvgIpc) is 2.97. The lowest BCUT2D eigenvalue weighted by molar-refractivity contribution is 1.06. The Balaban J connectivity index is 1.93. The van der Waals surface area contributed by atoms with E-state index in [0.717, 1.165) is 37.9 Å². The molecule has 0 saturated heterocycles. The van der Waals surface area contributed by atoms with Crippen LogP contribution in [0.5, 0.6) is 0 Å². The molecule has 0 fully saturated rings. The lowest BCUT2D eigenvalue weighted by Gasteiger charge is -2.01. The number of aromatic nitrogens is 2. The number of hydrogen-bond donors (Lipinski definition) is 0. The Morgan fingerprint density at radius 1 is 1.15 bits per heavy atom. The first-order chi connectivity index (χ1) is 9.63. The Morgan fingerprint density at radius 3 is 2.65 bits per heavy atom. The van der Waals surface area contributed by atoms with Crippen LogP contribution in [0.2, 0.25) is 0 Å². The van der Waals surface area contributed by atoms with E-state index in [4.69, 9.17) is 4.98 Å². The van der Waals surface area contributed by atoms with Gasteiger partial charge in [0.2, 0.25) is 0 Å². The molecule has 0 unspecified atom stereocenters. The molecule has 0 aliphatic rings.